The lowest BCUT2D eigenvalue weighted by molar-refractivity contribution is 0.707. The summed E-state index contributed by atoms with van der Waals surface area (Å²) >= 11 is 0. The lowest BCUT2D eigenvalue weighted by Crippen LogP contribution is -2.70. The molecule has 0 bridgehead atoms. The average molecular weight is 305 g/mol. The van der Waals surface area contributed by atoms with Crippen LogP contribution in [0.4, 0.5) is 0 Å². The highest BCUT2D eigenvalue weighted by Gasteiger charge is 2.33. The lowest BCUT2D eigenvalue weighted by atomic mass is 10.2. The summed E-state index contributed by atoms with van der Waals surface area (Å²) in [6, 6.07) is 10.0. The molecule has 0 aliphatic heterocycles. The molecule has 21 heavy (non-hydrogen) atoms. The van der Waals surface area contributed by atoms with Crippen LogP contribution in [-0.4, -0.2) is 21.5 Å². The van der Waals surface area contributed by atoms with Gasteiger partial charge in [0.05, 0.1) is 0 Å². The van der Waals surface area contributed by atoms with Gasteiger partial charge in [0.2, 0.25) is 8.40 Å². The van der Waals surface area contributed by atoms with Crippen LogP contribution in [0, 0.1) is 0 Å². The molecular weight excluding hydrogens is 272 g/mol. The molecule has 0 aliphatic carbocycles. The Labute approximate surface area is 132 Å². The van der Waals surface area contributed by atoms with Gasteiger partial charge in [-0.1, -0.05) is 70.5 Å². The highest BCUT2D eigenvalue weighted by molar-refractivity contribution is 6.87. The van der Waals surface area contributed by atoms with E-state index in [1.807, 2.05) is 6.08 Å². The van der Waals surface area contributed by atoms with Gasteiger partial charge in [-0.2, -0.15) is 0 Å². The highest BCUT2D eigenvalue weighted by atomic mass is 28.3. The normalized spacial score (nSPS) is 11.6. The number of hydrogen-bond donors (Lipinski definition) is 2. The topological polar surface area (TPSA) is 24.1 Å². The summed E-state index contributed by atoms with van der Waals surface area (Å²) in [4.78, 5) is 7.81. The molecule has 0 heterocycles. The van der Waals surface area contributed by atoms with Crippen LogP contribution in [0.15, 0.2) is 30.8 Å². The Balaban J connectivity index is 2.97. The Morgan fingerprint density at radius 2 is 1.67 bits per heavy atom. The fraction of sp³-hybridized carbons (Fsp3) is 0.556. The molecule has 1 aromatic carbocycles. The third-order valence-electron chi connectivity index (χ3n) is 4.06. The molecule has 2 nitrogen and oxygen atoms in total. The average Bonchev–Trinajstić information content (AvgIpc) is 2.54. The molecule has 3 heteroatoms. The molecule has 0 aliphatic rings. The van der Waals surface area contributed by atoms with Gasteiger partial charge in [0.1, 0.15) is 0 Å². The number of hydrogen-bond acceptors (Lipinski definition) is 2. The smallest absolute Gasteiger partial charge is 0.234 e. The summed E-state index contributed by atoms with van der Waals surface area (Å²) in [6.07, 6.45) is 6.90. The van der Waals surface area contributed by atoms with Crippen molar-refractivity contribution in [2.24, 2.45) is 0 Å². The van der Waals surface area contributed by atoms with E-state index in [1.54, 1.807) is 0 Å². The van der Waals surface area contributed by atoms with Crippen molar-refractivity contribution < 1.29 is 0 Å². The Morgan fingerprint density at radius 1 is 1.05 bits per heavy atom. The molecule has 0 atom stereocenters. The van der Waals surface area contributed by atoms with Gasteiger partial charge in [-0.15, -0.1) is 0 Å². The van der Waals surface area contributed by atoms with E-state index < -0.39 is 8.40 Å². The molecule has 0 saturated heterocycles. The second-order valence-electron chi connectivity index (χ2n) is 5.65. The summed E-state index contributed by atoms with van der Waals surface area (Å²) in [6.45, 7) is 12.9. The first-order valence-electron chi connectivity index (χ1n) is 8.45. The Kier molecular flexibility index (Phi) is 8.58. The van der Waals surface area contributed by atoms with Gasteiger partial charge in [0.15, 0.2) is 0 Å². The van der Waals surface area contributed by atoms with Crippen molar-refractivity contribution in [3.8, 4) is 0 Å². The highest BCUT2D eigenvalue weighted by Crippen LogP contribution is 2.08. The minimum absolute atomic E-state index is 1.11. The van der Waals surface area contributed by atoms with E-state index in [0.29, 0.717) is 0 Å². The molecule has 0 aromatic heterocycles. The van der Waals surface area contributed by atoms with E-state index in [2.05, 4.69) is 61.6 Å². The number of rotatable bonds is 11. The van der Waals surface area contributed by atoms with Crippen molar-refractivity contribution in [3.05, 3.63) is 36.4 Å². The molecule has 1 rings (SSSR count). The third-order valence-corrected chi connectivity index (χ3v) is 8.12. The molecule has 1 aromatic rings. The molecule has 0 spiro atoms. The Morgan fingerprint density at radius 3 is 2.14 bits per heavy atom. The van der Waals surface area contributed by atoms with E-state index in [-0.39, 0.29) is 0 Å². The van der Waals surface area contributed by atoms with Gasteiger partial charge >= 0.3 is 0 Å². The zero-order valence-electron chi connectivity index (χ0n) is 14.0. The minimum atomic E-state index is -1.82. The largest absolute Gasteiger partial charge is 0.322 e. The van der Waals surface area contributed by atoms with Gasteiger partial charge < -0.3 is 9.96 Å². The van der Waals surface area contributed by atoms with E-state index in [0.717, 1.165) is 13.1 Å². The molecule has 0 fully saturated rings. The van der Waals surface area contributed by atoms with Gasteiger partial charge in [0, 0.05) is 0 Å². The molecule has 0 saturated carbocycles. The number of nitrogens with one attached hydrogen (secondary N) is 2. The Bertz CT molecular complexity index is 407. The maximum atomic E-state index is 3.91. The van der Waals surface area contributed by atoms with Gasteiger partial charge in [0.25, 0.3) is 0 Å². The first kappa shape index (κ1) is 18.1. The summed E-state index contributed by atoms with van der Waals surface area (Å²) in [5.41, 5.74) is 1.22. The van der Waals surface area contributed by atoms with Gasteiger partial charge in [-0.3, -0.25) is 0 Å². The van der Waals surface area contributed by atoms with E-state index in [4.69, 9.17) is 0 Å². The van der Waals surface area contributed by atoms with Crippen LogP contribution in [0.25, 0.3) is 6.08 Å². The summed E-state index contributed by atoms with van der Waals surface area (Å²) in [7, 11) is -1.82. The SMILES string of the molecule is C=Cc1cccc([Si](CC)(NCCCC)NCCCC)c1. The fourth-order valence-electron chi connectivity index (χ4n) is 2.61. The molecule has 2 N–H and O–H groups in total. The first-order valence-corrected chi connectivity index (χ1v) is 10.7. The maximum absolute atomic E-state index is 3.91. The maximum Gasteiger partial charge on any atom is 0.234 e. The lowest BCUT2D eigenvalue weighted by Gasteiger charge is -2.33. The zero-order valence-corrected chi connectivity index (χ0v) is 15.0. The first-order chi connectivity index (χ1) is 10.2. The molecule has 118 valence electrons. The molecule has 0 radical (unpaired) electrons. The number of unbranched alkanes of at least 4 members (excludes halogenated alkanes) is 2. The second-order valence-corrected chi connectivity index (χ2v) is 9.45. The van der Waals surface area contributed by atoms with Crippen LogP contribution in [0.5, 0.6) is 0 Å². The van der Waals surface area contributed by atoms with E-state index in [1.165, 1.54) is 42.5 Å². The monoisotopic (exact) mass is 304 g/mol. The second kappa shape index (κ2) is 9.93. The zero-order chi connectivity index (χ0) is 15.6. The van der Waals surface area contributed by atoms with E-state index >= 15 is 0 Å². The van der Waals surface area contributed by atoms with Gasteiger partial charge in [-0.05, 0) is 42.7 Å². The van der Waals surface area contributed by atoms with Crippen molar-refractivity contribution in [1.82, 2.24) is 9.96 Å². The molecule has 0 unspecified atom stereocenters. The van der Waals surface area contributed by atoms with Crippen LogP contribution in [0.3, 0.4) is 0 Å². The van der Waals surface area contributed by atoms with Crippen molar-refractivity contribution in [3.63, 3.8) is 0 Å². The number of benzene rings is 1. The van der Waals surface area contributed by atoms with Crippen molar-refractivity contribution in [1.29, 1.82) is 0 Å². The van der Waals surface area contributed by atoms with Crippen LogP contribution in [-0.2, 0) is 0 Å². The summed E-state index contributed by atoms with van der Waals surface area (Å²) in [5, 5.41) is 1.45. The molecule has 0 amide bonds. The van der Waals surface area contributed by atoms with Crippen LogP contribution < -0.4 is 15.2 Å². The standard InChI is InChI=1S/C18H32N2Si/c1-5-9-14-19-21(8-4,20-15-10-6-2)18-13-11-12-17(7-3)16-18/h7,11-13,16,19-20H,3,5-6,8-10,14-15H2,1-2,4H3. The summed E-state index contributed by atoms with van der Waals surface area (Å²) < 4.78 is 0. The van der Waals surface area contributed by atoms with Crippen molar-refractivity contribution >= 4 is 19.7 Å². The minimum Gasteiger partial charge on any atom is -0.322 e. The predicted molar refractivity (Wildman–Crippen MR) is 98.2 cm³/mol. The third kappa shape index (κ3) is 5.42. The van der Waals surface area contributed by atoms with Crippen molar-refractivity contribution in [2.45, 2.75) is 52.5 Å². The van der Waals surface area contributed by atoms with Crippen LogP contribution in [0.1, 0.15) is 52.0 Å². The van der Waals surface area contributed by atoms with Crippen molar-refractivity contribution in [2.75, 3.05) is 13.1 Å². The van der Waals surface area contributed by atoms with Crippen LogP contribution in [0.2, 0.25) is 6.04 Å². The Hall–Kier alpha value is -0.903. The summed E-state index contributed by atoms with van der Waals surface area (Å²) in [5.74, 6) is 0. The quantitative estimate of drug-likeness (QED) is 0.480. The van der Waals surface area contributed by atoms with Crippen LogP contribution >= 0.6 is 0 Å². The van der Waals surface area contributed by atoms with E-state index in [9.17, 15) is 0 Å². The fourth-order valence-corrected chi connectivity index (χ4v) is 6.05. The van der Waals surface area contributed by atoms with Gasteiger partial charge in [-0.25, -0.2) is 0 Å². The molecular formula is C18H32N2Si. The predicted octanol–water partition coefficient (Wildman–Crippen LogP) is 3.78.